The first kappa shape index (κ1) is 20.0. The average Bonchev–Trinajstić information content (AvgIpc) is 2.76. The van der Waals surface area contributed by atoms with E-state index in [0.29, 0.717) is 24.6 Å². The third-order valence-electron chi connectivity index (χ3n) is 5.48. The summed E-state index contributed by atoms with van der Waals surface area (Å²) < 4.78 is 5.96. The molecule has 3 aromatic carbocycles. The number of nitrogens with one attached hydrogen (secondary N) is 1. The molecule has 1 aliphatic heterocycles. The van der Waals surface area contributed by atoms with Gasteiger partial charge in [-0.3, -0.25) is 4.79 Å². The summed E-state index contributed by atoms with van der Waals surface area (Å²) in [7, 11) is 0. The molecular weight excluding hydrogens is 372 g/mol. The smallest absolute Gasteiger partial charge is 0.258 e. The van der Waals surface area contributed by atoms with Crippen molar-refractivity contribution in [2.24, 2.45) is 5.92 Å². The number of fused-ring (bicyclic) bond motifs is 1. The van der Waals surface area contributed by atoms with E-state index in [-0.39, 0.29) is 5.91 Å². The second-order valence-electron chi connectivity index (χ2n) is 8.35. The molecule has 3 aromatic rings. The third kappa shape index (κ3) is 3.90. The van der Waals surface area contributed by atoms with Crippen LogP contribution in [0.3, 0.4) is 0 Å². The van der Waals surface area contributed by atoms with E-state index in [1.54, 1.807) is 0 Å². The van der Waals surface area contributed by atoms with E-state index >= 15 is 0 Å². The van der Waals surface area contributed by atoms with Gasteiger partial charge >= 0.3 is 0 Å². The number of hydrogen-bond donors (Lipinski definition) is 1. The average molecular weight is 401 g/mol. The minimum absolute atomic E-state index is 0.0178. The largest absolute Gasteiger partial charge is 0.493 e. The van der Waals surface area contributed by atoms with Gasteiger partial charge in [-0.15, -0.1) is 0 Å². The quantitative estimate of drug-likeness (QED) is 0.580. The molecule has 0 fully saturated rings. The highest BCUT2D eigenvalue weighted by molar-refractivity contribution is 6.02. The fraction of sp³-hybridized carbons (Fsp3) is 0.269. The third-order valence-corrected chi connectivity index (χ3v) is 5.48. The molecule has 0 saturated heterocycles. The number of benzene rings is 3. The molecule has 0 aromatic heterocycles. The number of para-hydroxylation sites is 1. The summed E-state index contributed by atoms with van der Waals surface area (Å²) in [6.07, 6.45) is 0. The number of ether oxygens (including phenoxy) is 1. The molecule has 0 saturated carbocycles. The number of carbonyl (C=O) groups excluding carboxylic acids is 1. The summed E-state index contributed by atoms with van der Waals surface area (Å²) in [5.41, 5.74) is 2.91. The standard InChI is InChI=1S/C26H28N2O2/c1-19(2)18-30-22-13-9-12-21(16-22)26(3)27-24-15-8-7-14-23(24)25(29)28(26)17-20-10-5-4-6-11-20/h4-16,19,27H,17-18H2,1-3H3. The van der Waals surface area contributed by atoms with Crippen LogP contribution < -0.4 is 10.1 Å². The van der Waals surface area contributed by atoms with Crippen LogP contribution >= 0.6 is 0 Å². The van der Waals surface area contributed by atoms with Gasteiger partial charge in [0.2, 0.25) is 0 Å². The topological polar surface area (TPSA) is 41.6 Å². The van der Waals surface area contributed by atoms with Crippen LogP contribution in [0.15, 0.2) is 78.9 Å². The van der Waals surface area contributed by atoms with E-state index in [1.165, 1.54) is 0 Å². The molecule has 4 rings (SSSR count). The van der Waals surface area contributed by atoms with Gasteiger partial charge in [0.25, 0.3) is 5.91 Å². The zero-order valence-corrected chi connectivity index (χ0v) is 17.8. The molecule has 1 amide bonds. The lowest BCUT2D eigenvalue weighted by atomic mass is 9.92. The molecular formula is C26H28N2O2. The van der Waals surface area contributed by atoms with Crippen molar-refractivity contribution in [1.29, 1.82) is 0 Å². The Kier molecular flexibility index (Phi) is 5.49. The highest BCUT2D eigenvalue weighted by atomic mass is 16.5. The number of nitrogens with zero attached hydrogens (tertiary/aromatic N) is 1. The molecule has 0 radical (unpaired) electrons. The van der Waals surface area contributed by atoms with Gasteiger partial charge < -0.3 is 15.0 Å². The minimum atomic E-state index is -0.710. The summed E-state index contributed by atoms with van der Waals surface area (Å²) >= 11 is 0. The Balaban J connectivity index is 1.76. The lowest BCUT2D eigenvalue weighted by Crippen LogP contribution is -2.55. The Labute approximate surface area is 178 Å². The Morgan fingerprint density at radius 3 is 2.47 bits per heavy atom. The second-order valence-corrected chi connectivity index (χ2v) is 8.35. The molecule has 1 atom stereocenters. The van der Waals surface area contributed by atoms with Crippen molar-refractivity contribution in [3.8, 4) is 5.75 Å². The number of anilines is 1. The van der Waals surface area contributed by atoms with Gasteiger partial charge in [-0.05, 0) is 42.7 Å². The Morgan fingerprint density at radius 1 is 0.967 bits per heavy atom. The van der Waals surface area contributed by atoms with E-state index in [4.69, 9.17) is 4.74 Å². The molecule has 4 heteroatoms. The first-order chi connectivity index (χ1) is 14.5. The van der Waals surface area contributed by atoms with Crippen LogP contribution in [0.2, 0.25) is 0 Å². The number of rotatable bonds is 6. The van der Waals surface area contributed by atoms with Crippen LogP contribution in [0.1, 0.15) is 42.3 Å². The summed E-state index contributed by atoms with van der Waals surface area (Å²) in [5.74, 6) is 1.28. The number of carbonyl (C=O) groups is 1. The second kappa shape index (κ2) is 8.23. The lowest BCUT2D eigenvalue weighted by molar-refractivity contribution is 0.0508. The normalized spacial score (nSPS) is 18.1. The van der Waals surface area contributed by atoms with Crippen molar-refractivity contribution >= 4 is 11.6 Å². The van der Waals surface area contributed by atoms with Crippen LogP contribution in [0.5, 0.6) is 5.75 Å². The Hall–Kier alpha value is -3.27. The Bertz CT molecular complexity index is 1030. The zero-order valence-electron chi connectivity index (χ0n) is 17.8. The Morgan fingerprint density at radius 2 is 1.70 bits per heavy atom. The highest BCUT2D eigenvalue weighted by Crippen LogP contribution is 2.39. The first-order valence-corrected chi connectivity index (χ1v) is 10.4. The van der Waals surface area contributed by atoms with Crippen molar-refractivity contribution in [3.63, 3.8) is 0 Å². The van der Waals surface area contributed by atoms with Crippen molar-refractivity contribution < 1.29 is 9.53 Å². The van der Waals surface area contributed by atoms with Crippen molar-refractivity contribution in [2.45, 2.75) is 33.0 Å². The highest BCUT2D eigenvalue weighted by Gasteiger charge is 2.42. The molecule has 1 aliphatic rings. The lowest BCUT2D eigenvalue weighted by Gasteiger charge is -2.47. The number of amides is 1. The first-order valence-electron chi connectivity index (χ1n) is 10.4. The predicted octanol–water partition coefficient (Wildman–Crippen LogP) is 5.66. The van der Waals surface area contributed by atoms with Gasteiger partial charge in [-0.2, -0.15) is 0 Å². The summed E-state index contributed by atoms with van der Waals surface area (Å²) in [6, 6.07) is 25.8. The van der Waals surface area contributed by atoms with E-state index in [2.05, 4.69) is 44.3 Å². The molecule has 30 heavy (non-hydrogen) atoms. The fourth-order valence-electron chi connectivity index (χ4n) is 3.83. The van der Waals surface area contributed by atoms with Gasteiger partial charge in [0, 0.05) is 17.8 Å². The van der Waals surface area contributed by atoms with Gasteiger partial charge in [0.15, 0.2) is 0 Å². The molecule has 1 N–H and O–H groups in total. The van der Waals surface area contributed by atoms with Gasteiger partial charge in [-0.1, -0.05) is 68.4 Å². The van der Waals surface area contributed by atoms with Gasteiger partial charge in [-0.25, -0.2) is 0 Å². The summed E-state index contributed by atoms with van der Waals surface area (Å²) in [4.78, 5) is 15.5. The maximum absolute atomic E-state index is 13.6. The van der Waals surface area contributed by atoms with Gasteiger partial charge in [0.1, 0.15) is 11.4 Å². The monoisotopic (exact) mass is 400 g/mol. The molecule has 1 heterocycles. The van der Waals surface area contributed by atoms with Crippen LogP contribution in [-0.2, 0) is 12.2 Å². The predicted molar refractivity (Wildman–Crippen MR) is 121 cm³/mol. The van der Waals surface area contributed by atoms with Crippen molar-refractivity contribution in [3.05, 3.63) is 95.6 Å². The van der Waals surface area contributed by atoms with Gasteiger partial charge in [0.05, 0.1) is 12.2 Å². The van der Waals surface area contributed by atoms with Crippen molar-refractivity contribution in [1.82, 2.24) is 4.90 Å². The van der Waals surface area contributed by atoms with E-state index < -0.39 is 5.66 Å². The SMILES string of the molecule is CC(C)COc1cccc(C2(C)Nc3ccccc3C(=O)N2Cc2ccccc2)c1. The number of hydrogen-bond acceptors (Lipinski definition) is 3. The maximum atomic E-state index is 13.6. The summed E-state index contributed by atoms with van der Waals surface area (Å²) in [6.45, 7) is 7.49. The van der Waals surface area contributed by atoms with Crippen LogP contribution in [0.4, 0.5) is 5.69 Å². The van der Waals surface area contributed by atoms with E-state index in [1.807, 2.05) is 65.6 Å². The summed E-state index contributed by atoms with van der Waals surface area (Å²) in [5, 5.41) is 3.63. The van der Waals surface area contributed by atoms with E-state index in [9.17, 15) is 4.79 Å². The van der Waals surface area contributed by atoms with Crippen LogP contribution in [0.25, 0.3) is 0 Å². The van der Waals surface area contributed by atoms with Crippen molar-refractivity contribution in [2.75, 3.05) is 11.9 Å². The van der Waals surface area contributed by atoms with E-state index in [0.717, 1.165) is 22.6 Å². The molecule has 0 spiro atoms. The minimum Gasteiger partial charge on any atom is -0.493 e. The van der Waals surface area contributed by atoms with Crippen LogP contribution in [-0.4, -0.2) is 17.4 Å². The molecule has 4 nitrogen and oxygen atoms in total. The molecule has 1 unspecified atom stereocenters. The molecule has 0 aliphatic carbocycles. The fourth-order valence-corrected chi connectivity index (χ4v) is 3.83. The molecule has 0 bridgehead atoms. The zero-order chi connectivity index (χ0) is 21.1. The molecule has 154 valence electrons. The maximum Gasteiger partial charge on any atom is 0.258 e. The van der Waals surface area contributed by atoms with Crippen LogP contribution in [0, 0.1) is 5.92 Å².